The Morgan fingerprint density at radius 3 is 2.04 bits per heavy atom. The van der Waals surface area contributed by atoms with E-state index >= 15 is 0 Å². The van der Waals surface area contributed by atoms with Crippen LogP contribution in [-0.4, -0.2) is 5.78 Å². The van der Waals surface area contributed by atoms with E-state index in [1.54, 1.807) is 11.8 Å². The van der Waals surface area contributed by atoms with Crippen molar-refractivity contribution in [3.8, 4) is 0 Å². The van der Waals surface area contributed by atoms with Crippen LogP contribution in [-0.2, 0) is 5.75 Å². The maximum absolute atomic E-state index is 12.4. The maximum Gasteiger partial charge on any atom is 0.193 e. The minimum absolute atomic E-state index is 0.0701. The van der Waals surface area contributed by atoms with Crippen LogP contribution >= 0.6 is 11.8 Å². The molecule has 1 nitrogen and oxygen atoms in total. The first-order chi connectivity index (χ1) is 11.2. The van der Waals surface area contributed by atoms with Crippen LogP contribution in [0.1, 0.15) is 27.0 Å². The predicted octanol–water partition coefficient (Wildman–Crippen LogP) is 5.52. The minimum Gasteiger partial charge on any atom is -0.289 e. The number of aryl methyl sites for hydroxylation is 1. The zero-order valence-electron chi connectivity index (χ0n) is 13.0. The molecule has 23 heavy (non-hydrogen) atoms. The summed E-state index contributed by atoms with van der Waals surface area (Å²) >= 11 is 1.78. The molecule has 0 N–H and O–H groups in total. The van der Waals surface area contributed by atoms with Crippen molar-refractivity contribution in [2.45, 2.75) is 17.6 Å². The average Bonchev–Trinajstić information content (AvgIpc) is 2.62. The molecule has 0 atom stereocenters. The molecule has 0 radical (unpaired) electrons. The SMILES string of the molecule is Cc1ccc(CSc2ccc(C(=O)c3ccccc3)cc2)cc1. The first kappa shape index (κ1) is 15.6. The van der Waals surface area contributed by atoms with Gasteiger partial charge >= 0.3 is 0 Å². The number of hydrogen-bond donors (Lipinski definition) is 0. The van der Waals surface area contributed by atoms with Gasteiger partial charge in [0.1, 0.15) is 0 Å². The third-order valence-corrected chi connectivity index (χ3v) is 4.76. The highest BCUT2D eigenvalue weighted by molar-refractivity contribution is 7.98. The molecule has 0 saturated carbocycles. The van der Waals surface area contributed by atoms with Gasteiger partial charge in [-0.05, 0) is 36.8 Å². The van der Waals surface area contributed by atoms with Gasteiger partial charge in [0.15, 0.2) is 5.78 Å². The van der Waals surface area contributed by atoms with Crippen molar-refractivity contribution in [2.24, 2.45) is 0 Å². The standard InChI is InChI=1S/C21H18OS/c1-16-7-9-17(10-8-16)15-23-20-13-11-19(12-14-20)21(22)18-5-3-2-4-6-18/h2-14H,15H2,1H3. The highest BCUT2D eigenvalue weighted by Crippen LogP contribution is 2.24. The van der Waals surface area contributed by atoms with Crippen molar-refractivity contribution in [1.29, 1.82) is 0 Å². The average molecular weight is 318 g/mol. The van der Waals surface area contributed by atoms with Gasteiger partial charge in [-0.25, -0.2) is 0 Å². The highest BCUT2D eigenvalue weighted by Gasteiger charge is 2.08. The fraction of sp³-hybridized carbons (Fsp3) is 0.0952. The molecule has 0 aliphatic heterocycles. The Bertz CT molecular complexity index is 774. The number of thioether (sulfide) groups is 1. The zero-order valence-corrected chi connectivity index (χ0v) is 13.8. The first-order valence-corrected chi connectivity index (χ1v) is 8.59. The Kier molecular flexibility index (Phi) is 4.94. The third kappa shape index (κ3) is 4.11. The molecule has 0 amide bonds. The summed E-state index contributed by atoms with van der Waals surface area (Å²) in [6.07, 6.45) is 0. The number of benzene rings is 3. The molecular formula is C21H18OS. The molecule has 0 spiro atoms. The summed E-state index contributed by atoms with van der Waals surface area (Å²) in [6, 6.07) is 25.9. The van der Waals surface area contributed by atoms with E-state index < -0.39 is 0 Å². The van der Waals surface area contributed by atoms with E-state index in [4.69, 9.17) is 0 Å². The summed E-state index contributed by atoms with van der Waals surface area (Å²) in [7, 11) is 0. The van der Waals surface area contributed by atoms with Gasteiger partial charge in [0.2, 0.25) is 0 Å². The summed E-state index contributed by atoms with van der Waals surface area (Å²) in [5, 5.41) is 0. The van der Waals surface area contributed by atoms with Gasteiger partial charge in [-0.2, -0.15) is 0 Å². The number of carbonyl (C=O) groups is 1. The van der Waals surface area contributed by atoms with Gasteiger partial charge in [-0.1, -0.05) is 60.2 Å². The third-order valence-electron chi connectivity index (χ3n) is 3.68. The molecule has 0 heterocycles. The fourth-order valence-corrected chi connectivity index (χ4v) is 3.16. The quantitative estimate of drug-likeness (QED) is 0.455. The fourth-order valence-electron chi connectivity index (χ4n) is 2.31. The lowest BCUT2D eigenvalue weighted by atomic mass is 10.0. The molecule has 114 valence electrons. The van der Waals surface area contributed by atoms with Crippen LogP contribution in [0.5, 0.6) is 0 Å². The van der Waals surface area contributed by atoms with Crippen molar-refractivity contribution in [2.75, 3.05) is 0 Å². The van der Waals surface area contributed by atoms with Crippen LogP contribution < -0.4 is 0 Å². The second kappa shape index (κ2) is 7.30. The van der Waals surface area contributed by atoms with Gasteiger partial charge in [0, 0.05) is 21.8 Å². The predicted molar refractivity (Wildman–Crippen MR) is 97.1 cm³/mol. The van der Waals surface area contributed by atoms with Crippen LogP contribution in [0.25, 0.3) is 0 Å². The Morgan fingerprint density at radius 1 is 0.783 bits per heavy atom. The van der Waals surface area contributed by atoms with E-state index in [0.717, 1.165) is 16.9 Å². The van der Waals surface area contributed by atoms with E-state index in [1.165, 1.54) is 16.0 Å². The summed E-state index contributed by atoms with van der Waals surface area (Å²) in [6.45, 7) is 2.10. The van der Waals surface area contributed by atoms with Crippen LogP contribution in [0.3, 0.4) is 0 Å². The summed E-state index contributed by atoms with van der Waals surface area (Å²) in [5.41, 5.74) is 4.05. The number of carbonyl (C=O) groups excluding carboxylic acids is 1. The molecule has 0 aliphatic carbocycles. The molecule has 3 aromatic rings. The summed E-state index contributed by atoms with van der Waals surface area (Å²) < 4.78 is 0. The second-order valence-electron chi connectivity index (χ2n) is 5.49. The molecule has 3 rings (SSSR count). The zero-order chi connectivity index (χ0) is 16.1. The van der Waals surface area contributed by atoms with Crippen LogP contribution in [0.4, 0.5) is 0 Å². The topological polar surface area (TPSA) is 17.1 Å². The van der Waals surface area contributed by atoms with Crippen molar-refractivity contribution in [3.63, 3.8) is 0 Å². The van der Waals surface area contributed by atoms with Crippen LogP contribution in [0.2, 0.25) is 0 Å². The number of rotatable bonds is 5. The molecule has 0 aromatic heterocycles. The maximum atomic E-state index is 12.4. The van der Waals surface area contributed by atoms with Gasteiger partial charge in [0.25, 0.3) is 0 Å². The van der Waals surface area contributed by atoms with Gasteiger partial charge < -0.3 is 0 Å². The Balaban J connectivity index is 1.65. The highest BCUT2D eigenvalue weighted by atomic mass is 32.2. The van der Waals surface area contributed by atoms with Gasteiger partial charge in [-0.3, -0.25) is 4.79 Å². The second-order valence-corrected chi connectivity index (χ2v) is 6.54. The normalized spacial score (nSPS) is 10.5. The van der Waals surface area contributed by atoms with E-state index in [0.29, 0.717) is 0 Å². The molecule has 3 aromatic carbocycles. The summed E-state index contributed by atoms with van der Waals surface area (Å²) in [5.74, 6) is 1.01. The van der Waals surface area contributed by atoms with E-state index in [2.05, 4.69) is 31.2 Å². The van der Waals surface area contributed by atoms with Crippen molar-refractivity contribution in [3.05, 3.63) is 101 Å². The van der Waals surface area contributed by atoms with Gasteiger partial charge in [-0.15, -0.1) is 11.8 Å². The Morgan fingerprint density at radius 2 is 1.39 bits per heavy atom. The molecule has 2 heteroatoms. The summed E-state index contributed by atoms with van der Waals surface area (Å²) in [4.78, 5) is 13.5. The first-order valence-electron chi connectivity index (χ1n) is 7.60. The number of hydrogen-bond acceptors (Lipinski definition) is 2. The molecular weight excluding hydrogens is 300 g/mol. The van der Waals surface area contributed by atoms with Crippen LogP contribution in [0.15, 0.2) is 83.8 Å². The molecule has 0 fully saturated rings. The van der Waals surface area contributed by atoms with E-state index in [9.17, 15) is 4.79 Å². The lowest BCUT2D eigenvalue weighted by Gasteiger charge is -2.05. The van der Waals surface area contributed by atoms with Crippen molar-refractivity contribution >= 4 is 17.5 Å². The van der Waals surface area contributed by atoms with Gasteiger partial charge in [0.05, 0.1) is 0 Å². The largest absolute Gasteiger partial charge is 0.289 e. The Hall–Kier alpha value is -2.32. The lowest BCUT2D eigenvalue weighted by Crippen LogP contribution is -2.00. The smallest absolute Gasteiger partial charge is 0.193 e. The number of ketones is 1. The van der Waals surface area contributed by atoms with E-state index in [-0.39, 0.29) is 5.78 Å². The van der Waals surface area contributed by atoms with Crippen LogP contribution in [0, 0.1) is 6.92 Å². The monoisotopic (exact) mass is 318 g/mol. The Labute approximate surface area is 141 Å². The molecule has 0 aliphatic rings. The van der Waals surface area contributed by atoms with E-state index in [1.807, 2.05) is 54.6 Å². The minimum atomic E-state index is 0.0701. The molecule has 0 bridgehead atoms. The lowest BCUT2D eigenvalue weighted by molar-refractivity contribution is 0.103. The molecule has 0 unspecified atom stereocenters. The van der Waals surface area contributed by atoms with Crippen molar-refractivity contribution in [1.82, 2.24) is 0 Å². The van der Waals surface area contributed by atoms with Crippen molar-refractivity contribution < 1.29 is 4.79 Å². The molecule has 0 saturated heterocycles.